The molecule has 0 aliphatic carbocycles. The predicted molar refractivity (Wildman–Crippen MR) is 110 cm³/mol. The fourth-order valence-electron chi connectivity index (χ4n) is 3.71. The van der Waals surface area contributed by atoms with Crippen LogP contribution in [-0.4, -0.2) is 23.0 Å². The average molecular weight is 358 g/mol. The van der Waals surface area contributed by atoms with Crippen molar-refractivity contribution in [3.63, 3.8) is 0 Å². The van der Waals surface area contributed by atoms with Gasteiger partial charge < -0.3 is 4.74 Å². The Labute approximate surface area is 161 Å². The van der Waals surface area contributed by atoms with E-state index in [4.69, 9.17) is 4.74 Å². The van der Waals surface area contributed by atoms with Gasteiger partial charge in [-0.25, -0.2) is 4.98 Å². The number of hydrogen-bond acceptors (Lipinski definition) is 3. The maximum Gasteiger partial charge on any atom is 0.213 e. The molecule has 3 heteroatoms. The highest BCUT2D eigenvalue weighted by Crippen LogP contribution is 2.26. The minimum absolute atomic E-state index is 0.533. The van der Waals surface area contributed by atoms with E-state index >= 15 is 0 Å². The molecule has 138 valence electrons. The zero-order valence-electron chi connectivity index (χ0n) is 15.9. The van der Waals surface area contributed by atoms with Crippen molar-refractivity contribution in [2.24, 2.45) is 0 Å². The molecule has 0 N–H and O–H groups in total. The summed E-state index contributed by atoms with van der Waals surface area (Å²) in [6.45, 7) is 6.09. The van der Waals surface area contributed by atoms with Crippen molar-refractivity contribution in [2.45, 2.75) is 32.9 Å². The first-order chi connectivity index (χ1) is 13.3. The molecule has 3 nitrogen and oxygen atoms in total. The molecule has 27 heavy (non-hydrogen) atoms. The molecular formula is C24H26N2O. The fourth-order valence-corrected chi connectivity index (χ4v) is 3.71. The molecule has 1 aromatic heterocycles. The summed E-state index contributed by atoms with van der Waals surface area (Å²) >= 11 is 0. The second-order valence-electron chi connectivity index (χ2n) is 7.23. The van der Waals surface area contributed by atoms with Crippen molar-refractivity contribution >= 4 is 0 Å². The van der Waals surface area contributed by atoms with E-state index in [1.807, 2.05) is 18.3 Å². The molecule has 0 unspecified atom stereocenters. The summed E-state index contributed by atoms with van der Waals surface area (Å²) in [5.41, 5.74) is 6.20. The SMILES string of the molecule is Cc1c(COc2ccc(CN3CCCC3)cn2)cccc1-c1ccccc1. The summed E-state index contributed by atoms with van der Waals surface area (Å²) in [5.74, 6) is 0.685. The van der Waals surface area contributed by atoms with Crippen molar-refractivity contribution in [1.82, 2.24) is 9.88 Å². The third-order valence-electron chi connectivity index (χ3n) is 5.31. The second-order valence-corrected chi connectivity index (χ2v) is 7.23. The number of ether oxygens (including phenoxy) is 1. The first kappa shape index (κ1) is 17.7. The Bertz CT molecular complexity index is 869. The molecule has 0 atom stereocenters. The first-order valence-corrected chi connectivity index (χ1v) is 9.73. The lowest BCUT2D eigenvalue weighted by atomic mass is 9.97. The zero-order valence-corrected chi connectivity index (χ0v) is 15.9. The topological polar surface area (TPSA) is 25.4 Å². The average Bonchev–Trinajstić information content (AvgIpc) is 3.22. The van der Waals surface area contributed by atoms with E-state index in [0.717, 1.165) is 6.54 Å². The van der Waals surface area contributed by atoms with Gasteiger partial charge in [0.25, 0.3) is 0 Å². The van der Waals surface area contributed by atoms with Crippen LogP contribution in [0.5, 0.6) is 5.88 Å². The van der Waals surface area contributed by atoms with E-state index in [0.29, 0.717) is 12.5 Å². The van der Waals surface area contributed by atoms with E-state index in [9.17, 15) is 0 Å². The van der Waals surface area contributed by atoms with Crippen LogP contribution < -0.4 is 4.74 Å². The smallest absolute Gasteiger partial charge is 0.213 e. The normalized spacial score (nSPS) is 14.4. The maximum absolute atomic E-state index is 5.96. The van der Waals surface area contributed by atoms with Crippen molar-refractivity contribution in [1.29, 1.82) is 0 Å². The van der Waals surface area contributed by atoms with Gasteiger partial charge in [-0.1, -0.05) is 54.6 Å². The van der Waals surface area contributed by atoms with E-state index in [2.05, 4.69) is 65.3 Å². The van der Waals surface area contributed by atoms with Crippen LogP contribution in [-0.2, 0) is 13.2 Å². The Morgan fingerprint density at radius 2 is 1.74 bits per heavy atom. The molecule has 2 aromatic carbocycles. The van der Waals surface area contributed by atoms with Crippen LogP contribution in [0, 0.1) is 6.92 Å². The van der Waals surface area contributed by atoms with Crippen LogP contribution in [0.1, 0.15) is 29.5 Å². The number of likely N-dealkylation sites (tertiary alicyclic amines) is 1. The Hall–Kier alpha value is -2.65. The summed E-state index contributed by atoms with van der Waals surface area (Å²) in [4.78, 5) is 6.98. The molecule has 0 saturated carbocycles. The maximum atomic E-state index is 5.96. The van der Waals surface area contributed by atoms with Gasteiger partial charge in [0, 0.05) is 18.8 Å². The minimum Gasteiger partial charge on any atom is -0.473 e. The number of nitrogens with zero attached hydrogens (tertiary/aromatic N) is 2. The van der Waals surface area contributed by atoms with Crippen LogP contribution in [0.4, 0.5) is 0 Å². The number of pyridine rings is 1. The summed E-state index contributed by atoms with van der Waals surface area (Å²) in [6.07, 6.45) is 4.58. The lowest BCUT2D eigenvalue weighted by Crippen LogP contribution is -2.18. The molecule has 4 rings (SSSR count). The number of rotatable bonds is 6. The number of aromatic nitrogens is 1. The molecule has 0 spiro atoms. The molecular weight excluding hydrogens is 332 g/mol. The lowest BCUT2D eigenvalue weighted by Gasteiger charge is -2.15. The third kappa shape index (κ3) is 4.37. The van der Waals surface area contributed by atoms with Crippen molar-refractivity contribution < 1.29 is 4.74 Å². The standard InChI is InChI=1S/C24H26N2O/c1-19-22(10-7-11-23(19)21-8-3-2-4-9-21)18-27-24-13-12-20(16-25-24)17-26-14-5-6-15-26/h2-4,7-13,16H,5-6,14-15,17-18H2,1H3. The number of hydrogen-bond donors (Lipinski definition) is 0. The summed E-state index contributed by atoms with van der Waals surface area (Å²) < 4.78 is 5.96. The van der Waals surface area contributed by atoms with E-state index in [1.165, 1.54) is 53.7 Å². The van der Waals surface area contributed by atoms with Gasteiger partial charge in [-0.2, -0.15) is 0 Å². The van der Waals surface area contributed by atoms with Gasteiger partial charge >= 0.3 is 0 Å². The van der Waals surface area contributed by atoms with E-state index in [1.54, 1.807) is 0 Å². The van der Waals surface area contributed by atoms with E-state index in [-0.39, 0.29) is 0 Å². The molecule has 1 saturated heterocycles. The molecule has 1 fully saturated rings. The summed E-state index contributed by atoms with van der Waals surface area (Å²) in [5, 5.41) is 0. The van der Waals surface area contributed by atoms with Crippen LogP contribution in [0.15, 0.2) is 66.9 Å². The monoisotopic (exact) mass is 358 g/mol. The summed E-state index contributed by atoms with van der Waals surface area (Å²) in [6, 6.07) is 21.0. The minimum atomic E-state index is 0.533. The molecule has 3 aromatic rings. The van der Waals surface area contributed by atoms with Gasteiger partial charge in [-0.3, -0.25) is 4.90 Å². The zero-order chi connectivity index (χ0) is 18.5. The Balaban J connectivity index is 1.41. The summed E-state index contributed by atoms with van der Waals surface area (Å²) in [7, 11) is 0. The van der Waals surface area contributed by atoms with Gasteiger partial charge in [-0.05, 0) is 60.7 Å². The van der Waals surface area contributed by atoms with Gasteiger partial charge in [-0.15, -0.1) is 0 Å². The highest BCUT2D eigenvalue weighted by Gasteiger charge is 2.12. The van der Waals surface area contributed by atoms with Crippen LogP contribution in [0.25, 0.3) is 11.1 Å². The number of benzene rings is 2. The Kier molecular flexibility index (Phi) is 5.50. The molecule has 2 heterocycles. The molecule has 1 aliphatic heterocycles. The highest BCUT2D eigenvalue weighted by molar-refractivity contribution is 5.68. The molecule has 1 aliphatic rings. The van der Waals surface area contributed by atoms with E-state index < -0.39 is 0 Å². The Morgan fingerprint density at radius 1 is 0.926 bits per heavy atom. The lowest BCUT2D eigenvalue weighted by molar-refractivity contribution is 0.292. The molecule has 0 amide bonds. The van der Waals surface area contributed by atoms with Crippen molar-refractivity contribution in [3.05, 3.63) is 83.6 Å². The predicted octanol–water partition coefficient (Wildman–Crippen LogP) is 5.23. The van der Waals surface area contributed by atoms with Gasteiger partial charge in [0.05, 0.1) is 0 Å². The van der Waals surface area contributed by atoms with Crippen molar-refractivity contribution in [2.75, 3.05) is 13.1 Å². The Morgan fingerprint density at radius 3 is 2.48 bits per heavy atom. The highest BCUT2D eigenvalue weighted by atomic mass is 16.5. The first-order valence-electron chi connectivity index (χ1n) is 9.73. The molecule has 0 radical (unpaired) electrons. The fraction of sp³-hybridized carbons (Fsp3) is 0.292. The van der Waals surface area contributed by atoms with Crippen molar-refractivity contribution in [3.8, 4) is 17.0 Å². The van der Waals surface area contributed by atoms with Crippen LogP contribution in [0.3, 0.4) is 0 Å². The van der Waals surface area contributed by atoms with Crippen LogP contribution in [0.2, 0.25) is 0 Å². The van der Waals surface area contributed by atoms with Crippen LogP contribution >= 0.6 is 0 Å². The third-order valence-corrected chi connectivity index (χ3v) is 5.31. The second kappa shape index (κ2) is 8.36. The van der Waals surface area contributed by atoms with Gasteiger partial charge in [0.1, 0.15) is 6.61 Å². The van der Waals surface area contributed by atoms with Gasteiger partial charge in [0.15, 0.2) is 0 Å². The largest absolute Gasteiger partial charge is 0.473 e. The quantitative estimate of drug-likeness (QED) is 0.603. The molecule has 0 bridgehead atoms. The van der Waals surface area contributed by atoms with Gasteiger partial charge in [0.2, 0.25) is 5.88 Å².